The number of ether oxygens (including phenoxy) is 1. The highest BCUT2D eigenvalue weighted by Crippen LogP contribution is 2.46. The summed E-state index contributed by atoms with van der Waals surface area (Å²) in [6, 6.07) is 21.3. The van der Waals surface area contributed by atoms with Crippen LogP contribution in [0.4, 0.5) is 10.1 Å². The number of rotatable bonds is 6. The van der Waals surface area contributed by atoms with Crippen molar-refractivity contribution in [1.82, 2.24) is 4.90 Å². The van der Waals surface area contributed by atoms with Crippen molar-refractivity contribution in [3.05, 3.63) is 94.8 Å². The van der Waals surface area contributed by atoms with E-state index >= 15 is 0 Å². The first-order chi connectivity index (χ1) is 15.0. The van der Waals surface area contributed by atoms with E-state index in [4.69, 9.17) is 9.57 Å². The zero-order valence-electron chi connectivity index (χ0n) is 18.0. The van der Waals surface area contributed by atoms with Crippen LogP contribution in [0.25, 0.3) is 0 Å². The molecule has 2 aliphatic rings. The molecular formula is C26H27FN2O2. The molecule has 2 heterocycles. The van der Waals surface area contributed by atoms with E-state index in [-0.39, 0.29) is 5.82 Å². The minimum absolute atomic E-state index is 0.230. The molecule has 3 aromatic carbocycles. The average Bonchev–Trinajstić information content (AvgIpc) is 3.36. The summed E-state index contributed by atoms with van der Waals surface area (Å²) in [5.41, 5.74) is 4.98. The SMILES string of the molecule is CN(C)CCCC1(c2ccc(F)cc2)OCc2cc(N3Cc4ccccc4O3)ccc21. The minimum Gasteiger partial charge on any atom is -0.379 e. The maximum atomic E-state index is 13.6. The van der Waals surface area contributed by atoms with Crippen molar-refractivity contribution in [3.63, 3.8) is 0 Å². The first-order valence-corrected chi connectivity index (χ1v) is 10.8. The van der Waals surface area contributed by atoms with Crippen LogP contribution in [-0.4, -0.2) is 25.5 Å². The Morgan fingerprint density at radius 2 is 1.81 bits per heavy atom. The maximum absolute atomic E-state index is 13.6. The standard InChI is InChI=1S/C26H27FN2O2/c1-28(2)15-5-14-26(21-8-10-22(27)11-9-21)24-13-12-23(16-20(24)18-30-26)29-17-19-6-3-4-7-25(19)31-29/h3-4,6-13,16H,5,14-15,17-18H2,1-2H3. The van der Waals surface area contributed by atoms with E-state index in [1.165, 1.54) is 23.3 Å². The van der Waals surface area contributed by atoms with Crippen molar-refractivity contribution in [3.8, 4) is 5.75 Å². The number of halogens is 1. The van der Waals surface area contributed by atoms with Gasteiger partial charge in [-0.25, -0.2) is 9.45 Å². The van der Waals surface area contributed by atoms with Gasteiger partial charge < -0.3 is 14.5 Å². The summed E-state index contributed by atoms with van der Waals surface area (Å²) in [7, 11) is 4.16. The van der Waals surface area contributed by atoms with Crippen LogP contribution < -0.4 is 9.90 Å². The topological polar surface area (TPSA) is 24.9 Å². The molecule has 0 spiro atoms. The third kappa shape index (κ3) is 3.68. The molecule has 4 nitrogen and oxygen atoms in total. The Balaban J connectivity index is 1.47. The van der Waals surface area contributed by atoms with Gasteiger partial charge in [0.1, 0.15) is 11.4 Å². The van der Waals surface area contributed by atoms with Gasteiger partial charge in [-0.1, -0.05) is 36.4 Å². The summed E-state index contributed by atoms with van der Waals surface area (Å²) < 4.78 is 20.1. The third-order valence-corrected chi connectivity index (χ3v) is 6.23. The van der Waals surface area contributed by atoms with E-state index in [1.54, 1.807) is 0 Å². The molecule has 0 fully saturated rings. The van der Waals surface area contributed by atoms with E-state index in [0.717, 1.165) is 48.5 Å². The maximum Gasteiger partial charge on any atom is 0.160 e. The number of nitrogens with zero attached hydrogens (tertiary/aromatic N) is 2. The lowest BCUT2D eigenvalue weighted by molar-refractivity contribution is -0.0140. The average molecular weight is 419 g/mol. The Kier molecular flexibility index (Phi) is 5.16. The lowest BCUT2D eigenvalue weighted by Gasteiger charge is -2.31. The van der Waals surface area contributed by atoms with Gasteiger partial charge in [0.25, 0.3) is 0 Å². The molecule has 2 aliphatic heterocycles. The summed E-state index contributed by atoms with van der Waals surface area (Å²) in [5.74, 6) is 0.676. The molecule has 5 heteroatoms. The van der Waals surface area contributed by atoms with Gasteiger partial charge in [-0.2, -0.15) is 0 Å². The summed E-state index contributed by atoms with van der Waals surface area (Å²) in [4.78, 5) is 8.22. The molecule has 31 heavy (non-hydrogen) atoms. The molecule has 5 rings (SSSR count). The highest BCUT2D eigenvalue weighted by Gasteiger charge is 2.41. The van der Waals surface area contributed by atoms with Gasteiger partial charge in [-0.3, -0.25) is 0 Å². The summed E-state index contributed by atoms with van der Waals surface area (Å²) >= 11 is 0. The van der Waals surface area contributed by atoms with Crippen molar-refractivity contribution >= 4 is 5.69 Å². The highest BCUT2D eigenvalue weighted by molar-refractivity contribution is 5.56. The normalized spacial score (nSPS) is 19.4. The van der Waals surface area contributed by atoms with Gasteiger partial charge in [0.2, 0.25) is 0 Å². The smallest absolute Gasteiger partial charge is 0.160 e. The highest BCUT2D eigenvalue weighted by atomic mass is 19.1. The number of benzene rings is 3. The van der Waals surface area contributed by atoms with Gasteiger partial charge in [0.05, 0.1) is 18.8 Å². The fourth-order valence-electron chi connectivity index (χ4n) is 4.65. The molecular weight excluding hydrogens is 391 g/mol. The van der Waals surface area contributed by atoms with Crippen molar-refractivity contribution in [2.24, 2.45) is 0 Å². The van der Waals surface area contributed by atoms with Gasteiger partial charge in [0, 0.05) is 5.56 Å². The van der Waals surface area contributed by atoms with E-state index in [9.17, 15) is 4.39 Å². The number of fused-ring (bicyclic) bond motifs is 2. The summed E-state index contributed by atoms with van der Waals surface area (Å²) in [6.07, 6.45) is 1.82. The fourth-order valence-corrected chi connectivity index (χ4v) is 4.65. The molecule has 0 saturated carbocycles. The van der Waals surface area contributed by atoms with Crippen molar-refractivity contribution in [2.75, 3.05) is 25.7 Å². The molecule has 3 aromatic rings. The Hall–Kier alpha value is -2.89. The number of anilines is 1. The van der Waals surface area contributed by atoms with E-state index < -0.39 is 5.60 Å². The van der Waals surface area contributed by atoms with E-state index in [0.29, 0.717) is 6.61 Å². The van der Waals surface area contributed by atoms with Gasteiger partial charge >= 0.3 is 0 Å². The quantitative estimate of drug-likeness (QED) is 0.546. The Bertz CT molecular complexity index is 1060. The molecule has 0 aliphatic carbocycles. The van der Waals surface area contributed by atoms with Gasteiger partial charge in [0.15, 0.2) is 5.75 Å². The van der Waals surface area contributed by atoms with Crippen molar-refractivity contribution in [1.29, 1.82) is 0 Å². The molecule has 0 bridgehead atoms. The van der Waals surface area contributed by atoms with Crippen LogP contribution in [0.15, 0.2) is 66.7 Å². The lowest BCUT2D eigenvalue weighted by atomic mass is 9.82. The largest absolute Gasteiger partial charge is 0.379 e. The molecule has 0 aromatic heterocycles. The molecule has 160 valence electrons. The predicted molar refractivity (Wildman–Crippen MR) is 119 cm³/mol. The van der Waals surface area contributed by atoms with E-state index in [1.807, 2.05) is 35.4 Å². The third-order valence-electron chi connectivity index (χ3n) is 6.23. The molecule has 1 unspecified atom stereocenters. The van der Waals surface area contributed by atoms with Crippen LogP contribution in [0, 0.1) is 5.82 Å². The molecule has 0 radical (unpaired) electrons. The first-order valence-electron chi connectivity index (χ1n) is 10.8. The van der Waals surface area contributed by atoms with Crippen molar-refractivity contribution in [2.45, 2.75) is 31.6 Å². The monoisotopic (exact) mass is 418 g/mol. The van der Waals surface area contributed by atoms with Crippen LogP contribution >= 0.6 is 0 Å². The number of hydrogen-bond donors (Lipinski definition) is 0. The lowest BCUT2D eigenvalue weighted by Crippen LogP contribution is -2.29. The van der Waals surface area contributed by atoms with Crippen molar-refractivity contribution < 1.29 is 14.0 Å². The molecule has 0 amide bonds. The van der Waals surface area contributed by atoms with Crippen LogP contribution in [0.3, 0.4) is 0 Å². The number of hydroxylamine groups is 1. The second-order valence-electron chi connectivity index (χ2n) is 8.61. The first kappa shape index (κ1) is 20.0. The second-order valence-corrected chi connectivity index (χ2v) is 8.61. The Morgan fingerprint density at radius 3 is 2.58 bits per heavy atom. The summed E-state index contributed by atoms with van der Waals surface area (Å²) in [5, 5.41) is 1.93. The van der Waals surface area contributed by atoms with Crippen LogP contribution in [0.5, 0.6) is 5.75 Å². The van der Waals surface area contributed by atoms with Gasteiger partial charge in [-0.05, 0) is 80.5 Å². The Labute approximate surface area is 182 Å². The Morgan fingerprint density at radius 1 is 1.00 bits per heavy atom. The second kappa shape index (κ2) is 7.98. The zero-order chi connectivity index (χ0) is 21.4. The van der Waals surface area contributed by atoms with E-state index in [2.05, 4.69) is 43.3 Å². The number of para-hydroxylation sites is 1. The zero-order valence-corrected chi connectivity index (χ0v) is 18.0. The molecule has 1 atom stereocenters. The van der Waals surface area contributed by atoms with Crippen LogP contribution in [-0.2, 0) is 23.5 Å². The molecule has 0 saturated heterocycles. The fraction of sp³-hybridized carbons (Fsp3) is 0.308. The van der Waals surface area contributed by atoms with Crippen LogP contribution in [0.1, 0.15) is 35.1 Å². The number of hydrogen-bond acceptors (Lipinski definition) is 4. The van der Waals surface area contributed by atoms with Gasteiger partial charge in [-0.15, -0.1) is 0 Å². The predicted octanol–water partition coefficient (Wildman–Crippen LogP) is 5.26. The van der Waals surface area contributed by atoms with Crippen LogP contribution in [0.2, 0.25) is 0 Å². The minimum atomic E-state index is -0.549. The molecule has 0 N–H and O–H groups in total. The summed E-state index contributed by atoms with van der Waals surface area (Å²) in [6.45, 7) is 2.23.